The van der Waals surface area contributed by atoms with Gasteiger partial charge in [0, 0.05) is 19.1 Å². The Morgan fingerprint density at radius 3 is 2.71 bits per heavy atom. The Bertz CT molecular complexity index is 1560. The molecule has 2 aliphatic rings. The van der Waals surface area contributed by atoms with Gasteiger partial charge in [0.25, 0.3) is 0 Å². The number of hydrogen-bond acceptors (Lipinski definition) is 11. The van der Waals surface area contributed by atoms with Crippen molar-refractivity contribution in [3.63, 3.8) is 0 Å². The average molecular weight is 576 g/mol. The molecular weight excluding hydrogens is 542 g/mol. The summed E-state index contributed by atoms with van der Waals surface area (Å²) in [6, 6.07) is 15.1. The molecule has 214 valence electrons. The average Bonchev–Trinajstić information content (AvgIpc) is 3.62. The highest BCUT2D eigenvalue weighted by molar-refractivity contribution is 7.21. The second kappa shape index (κ2) is 11.0. The van der Waals surface area contributed by atoms with E-state index in [1.54, 1.807) is 23.5 Å². The molecule has 1 aliphatic heterocycles. The van der Waals surface area contributed by atoms with E-state index in [1.165, 1.54) is 7.11 Å². The molecule has 41 heavy (non-hydrogen) atoms. The molecule has 0 radical (unpaired) electrons. The van der Waals surface area contributed by atoms with Crippen LogP contribution in [0.25, 0.3) is 20.8 Å². The molecular formula is C30H33N5O5S. The van der Waals surface area contributed by atoms with Crippen LogP contribution in [0.4, 0.5) is 11.8 Å². The van der Waals surface area contributed by atoms with Gasteiger partial charge in [0.2, 0.25) is 5.95 Å². The number of thiazole rings is 1. The van der Waals surface area contributed by atoms with Gasteiger partial charge in [-0.2, -0.15) is 4.98 Å². The first-order chi connectivity index (χ1) is 19.7. The van der Waals surface area contributed by atoms with Crippen LogP contribution in [0.2, 0.25) is 0 Å². The van der Waals surface area contributed by atoms with Crippen molar-refractivity contribution in [3.05, 3.63) is 65.4 Å². The smallest absolute Gasteiger partial charge is 0.337 e. The molecule has 6 rings (SSSR count). The molecule has 4 unspecified atom stereocenters. The van der Waals surface area contributed by atoms with Gasteiger partial charge in [-0.25, -0.2) is 14.8 Å². The molecule has 0 spiro atoms. The van der Waals surface area contributed by atoms with Crippen LogP contribution in [0.15, 0.2) is 48.5 Å². The summed E-state index contributed by atoms with van der Waals surface area (Å²) >= 11 is 1.59. The molecule has 11 heteroatoms. The fourth-order valence-corrected chi connectivity index (χ4v) is 6.74. The van der Waals surface area contributed by atoms with Crippen LogP contribution in [-0.2, 0) is 20.8 Å². The number of benzene rings is 2. The van der Waals surface area contributed by atoms with Crippen molar-refractivity contribution < 1.29 is 24.1 Å². The quantitative estimate of drug-likeness (QED) is 0.253. The van der Waals surface area contributed by atoms with Crippen LogP contribution in [0.1, 0.15) is 41.9 Å². The first kappa shape index (κ1) is 27.5. The molecule has 10 nitrogen and oxygen atoms in total. The highest BCUT2D eigenvalue weighted by atomic mass is 32.1. The van der Waals surface area contributed by atoms with E-state index < -0.39 is 5.79 Å². The maximum absolute atomic E-state index is 12.0. The number of esters is 1. The molecule has 2 fully saturated rings. The number of carbonyl (C=O) groups excluding carboxylic acids is 1. The van der Waals surface area contributed by atoms with Crippen LogP contribution >= 0.6 is 11.3 Å². The first-order valence-electron chi connectivity index (χ1n) is 13.6. The molecule has 0 amide bonds. The van der Waals surface area contributed by atoms with Crippen molar-refractivity contribution in [1.82, 2.24) is 15.0 Å². The summed E-state index contributed by atoms with van der Waals surface area (Å²) in [5.74, 6) is -0.0873. The number of aromatic nitrogens is 3. The molecule has 2 aromatic heterocycles. The van der Waals surface area contributed by atoms with Crippen LogP contribution in [0.3, 0.4) is 0 Å². The minimum absolute atomic E-state index is 0.0176. The number of aliphatic hydroxyl groups excluding tert-OH is 1. The molecule has 1 aliphatic carbocycles. The maximum atomic E-state index is 12.0. The zero-order valence-corrected chi connectivity index (χ0v) is 24.2. The van der Waals surface area contributed by atoms with Crippen molar-refractivity contribution in [2.24, 2.45) is 5.92 Å². The van der Waals surface area contributed by atoms with Gasteiger partial charge in [0.05, 0.1) is 46.3 Å². The van der Waals surface area contributed by atoms with Gasteiger partial charge >= 0.3 is 5.97 Å². The number of para-hydroxylation sites is 1. The Morgan fingerprint density at radius 2 is 1.93 bits per heavy atom. The summed E-state index contributed by atoms with van der Waals surface area (Å²) < 4.78 is 18.4. The summed E-state index contributed by atoms with van der Waals surface area (Å²) in [5, 5.41) is 17.8. The SMILES string of the molecule is COC(=O)c1cccc(CNc2nc(C)c(-c3nc4ccccc4s3)c(NC3CC(CO)C4OC(C)(C)OC34)n2)c1. The van der Waals surface area contributed by atoms with E-state index in [1.807, 2.05) is 51.1 Å². The number of ether oxygens (including phenoxy) is 3. The number of methoxy groups -OCH3 is 1. The standard InChI is InChI=1S/C30H33N5O5S/c1-16-23(27-34-20-10-5-6-11-22(20)41-27)26(33-21-13-19(15-36)24-25(21)40-30(2,3)39-24)35-29(32-16)31-14-17-8-7-9-18(12-17)28(37)38-4/h5-12,19,21,24-25,36H,13-15H2,1-4H3,(H2,31,32,33,35). The summed E-state index contributed by atoms with van der Waals surface area (Å²) in [6.45, 7) is 6.17. The lowest BCUT2D eigenvalue weighted by molar-refractivity contribution is -0.158. The largest absolute Gasteiger partial charge is 0.465 e. The zero-order valence-electron chi connectivity index (χ0n) is 23.4. The molecule has 1 saturated heterocycles. The topological polar surface area (TPSA) is 128 Å². The minimum Gasteiger partial charge on any atom is -0.465 e. The van der Waals surface area contributed by atoms with Gasteiger partial charge in [-0.1, -0.05) is 24.3 Å². The molecule has 1 saturated carbocycles. The first-order valence-corrected chi connectivity index (χ1v) is 14.4. The van der Waals surface area contributed by atoms with Crippen molar-refractivity contribution in [3.8, 4) is 10.6 Å². The predicted molar refractivity (Wildman–Crippen MR) is 157 cm³/mol. The van der Waals surface area contributed by atoms with E-state index in [2.05, 4.69) is 16.7 Å². The number of rotatable bonds is 8. The van der Waals surface area contributed by atoms with E-state index in [4.69, 9.17) is 29.2 Å². The van der Waals surface area contributed by atoms with E-state index >= 15 is 0 Å². The third-order valence-corrected chi connectivity index (χ3v) is 8.59. The van der Waals surface area contributed by atoms with Gasteiger partial charge in [0.1, 0.15) is 16.9 Å². The van der Waals surface area contributed by atoms with Crippen molar-refractivity contribution in [2.75, 3.05) is 24.4 Å². The predicted octanol–water partition coefficient (Wildman–Crippen LogP) is 4.77. The van der Waals surface area contributed by atoms with Crippen LogP contribution in [0.5, 0.6) is 0 Å². The number of hydrogen-bond donors (Lipinski definition) is 3. The van der Waals surface area contributed by atoms with Crippen molar-refractivity contribution in [2.45, 2.75) is 57.8 Å². The number of nitrogens with zero attached hydrogens (tertiary/aromatic N) is 3. The highest BCUT2D eigenvalue weighted by Crippen LogP contribution is 2.44. The lowest BCUT2D eigenvalue weighted by Crippen LogP contribution is -2.35. The number of aryl methyl sites for hydroxylation is 1. The Morgan fingerprint density at radius 1 is 1.12 bits per heavy atom. The fourth-order valence-electron chi connectivity index (χ4n) is 5.68. The number of nitrogens with one attached hydrogen (secondary N) is 2. The summed E-state index contributed by atoms with van der Waals surface area (Å²) in [4.78, 5) is 26.6. The number of aliphatic hydroxyl groups is 1. The van der Waals surface area contributed by atoms with Crippen LogP contribution in [-0.4, -0.2) is 63.8 Å². The maximum Gasteiger partial charge on any atom is 0.337 e. The van der Waals surface area contributed by atoms with Gasteiger partial charge in [0.15, 0.2) is 5.79 Å². The second-order valence-corrected chi connectivity index (χ2v) is 11.9. The van der Waals surface area contributed by atoms with E-state index in [9.17, 15) is 9.90 Å². The Hall–Kier alpha value is -3.64. The normalized spacial score (nSPS) is 23.0. The van der Waals surface area contributed by atoms with Crippen molar-refractivity contribution in [1.29, 1.82) is 0 Å². The molecule has 3 N–H and O–H groups in total. The third-order valence-electron chi connectivity index (χ3n) is 7.53. The number of carbonyl (C=O) groups is 1. The van der Waals surface area contributed by atoms with Crippen molar-refractivity contribution >= 4 is 39.3 Å². The second-order valence-electron chi connectivity index (χ2n) is 10.9. The Labute approximate surface area is 242 Å². The molecule has 3 heterocycles. The monoisotopic (exact) mass is 575 g/mol. The molecule has 4 atom stereocenters. The molecule has 2 aromatic carbocycles. The van der Waals surface area contributed by atoms with Gasteiger partial charge in [-0.15, -0.1) is 11.3 Å². The summed E-state index contributed by atoms with van der Waals surface area (Å²) in [6.07, 6.45) is 0.229. The molecule has 4 aromatic rings. The number of fused-ring (bicyclic) bond motifs is 2. The highest BCUT2D eigenvalue weighted by Gasteiger charge is 2.54. The van der Waals surface area contributed by atoms with Gasteiger partial charge < -0.3 is 30.0 Å². The van der Waals surface area contributed by atoms with Crippen LogP contribution < -0.4 is 10.6 Å². The lowest BCUT2D eigenvalue weighted by Gasteiger charge is -2.25. The van der Waals surface area contributed by atoms with Gasteiger partial charge in [-0.05, 0) is 57.0 Å². The zero-order chi connectivity index (χ0) is 28.7. The Balaban J connectivity index is 1.34. The Kier molecular flexibility index (Phi) is 7.37. The van der Waals surface area contributed by atoms with E-state index in [0.29, 0.717) is 30.3 Å². The third kappa shape index (κ3) is 5.50. The summed E-state index contributed by atoms with van der Waals surface area (Å²) in [7, 11) is 1.37. The fraction of sp³-hybridized carbons (Fsp3) is 0.400. The number of anilines is 2. The molecule has 0 bridgehead atoms. The van der Waals surface area contributed by atoms with E-state index in [-0.39, 0.29) is 36.7 Å². The van der Waals surface area contributed by atoms with E-state index in [0.717, 1.165) is 32.0 Å². The van der Waals surface area contributed by atoms with Gasteiger partial charge in [-0.3, -0.25) is 0 Å². The minimum atomic E-state index is -0.730. The lowest BCUT2D eigenvalue weighted by atomic mass is 10.1. The van der Waals surface area contributed by atoms with Crippen LogP contribution in [0, 0.1) is 12.8 Å². The summed E-state index contributed by atoms with van der Waals surface area (Å²) in [5.41, 5.74) is 3.88.